The van der Waals surface area contributed by atoms with Gasteiger partial charge < -0.3 is 0 Å². The van der Waals surface area contributed by atoms with Crippen molar-refractivity contribution in [3.8, 4) is 0 Å². The average molecular weight is 375 g/mol. The Morgan fingerprint density at radius 3 is 2.50 bits per heavy atom. The number of carbonyl (C=O) groups excluding carboxylic acids is 2. The lowest BCUT2D eigenvalue weighted by Crippen LogP contribution is -2.49. The van der Waals surface area contributed by atoms with E-state index in [1.165, 1.54) is 4.90 Å². The van der Waals surface area contributed by atoms with Crippen LogP contribution in [0.4, 0.5) is 0 Å². The van der Waals surface area contributed by atoms with Gasteiger partial charge in [0.25, 0.3) is 11.8 Å². The molecule has 1 heterocycles. The normalized spacial score (nSPS) is 15.2. The summed E-state index contributed by atoms with van der Waals surface area (Å²) in [4.78, 5) is 26.2. The number of halogens is 1. The lowest BCUT2D eigenvalue weighted by atomic mass is 10.1. The smallest absolute Gasteiger partial charge is 0.263 e. The van der Waals surface area contributed by atoms with E-state index in [1.807, 2.05) is 32.2 Å². The standard InChI is InChI=1S/C13H14INO2S/c1-13(2,7-18-3)15-11(16)8-5-4-6-9(14)10(8)12(15)17/h4-6H,7H2,1-3H3. The van der Waals surface area contributed by atoms with E-state index < -0.39 is 5.54 Å². The largest absolute Gasteiger partial charge is 0.269 e. The van der Waals surface area contributed by atoms with Crippen LogP contribution in [0.15, 0.2) is 18.2 Å². The van der Waals surface area contributed by atoms with Gasteiger partial charge in [-0.05, 0) is 54.8 Å². The van der Waals surface area contributed by atoms with Crippen LogP contribution >= 0.6 is 34.4 Å². The fourth-order valence-corrected chi connectivity index (χ4v) is 3.78. The molecule has 1 aliphatic rings. The molecule has 0 radical (unpaired) electrons. The van der Waals surface area contributed by atoms with Crippen molar-refractivity contribution in [3.05, 3.63) is 32.9 Å². The third-order valence-corrected chi connectivity index (χ3v) is 4.86. The van der Waals surface area contributed by atoms with E-state index >= 15 is 0 Å². The first-order valence-corrected chi connectivity index (χ1v) is 8.04. The minimum atomic E-state index is -0.463. The van der Waals surface area contributed by atoms with E-state index in [1.54, 1.807) is 17.8 Å². The second-order valence-corrected chi connectivity index (χ2v) is 6.88. The van der Waals surface area contributed by atoms with Gasteiger partial charge in [0, 0.05) is 9.32 Å². The van der Waals surface area contributed by atoms with Crippen LogP contribution in [0.2, 0.25) is 0 Å². The third-order valence-electron chi connectivity index (χ3n) is 2.97. The van der Waals surface area contributed by atoms with E-state index in [2.05, 4.69) is 22.6 Å². The number of hydrogen-bond donors (Lipinski definition) is 0. The zero-order valence-corrected chi connectivity index (χ0v) is 13.5. The molecule has 0 spiro atoms. The lowest BCUT2D eigenvalue weighted by molar-refractivity contribution is 0.0513. The molecule has 2 amide bonds. The highest BCUT2D eigenvalue weighted by atomic mass is 127. The lowest BCUT2D eigenvalue weighted by Gasteiger charge is -2.33. The molecule has 0 N–H and O–H groups in total. The van der Waals surface area contributed by atoms with Gasteiger partial charge in [0.2, 0.25) is 0 Å². The summed E-state index contributed by atoms with van der Waals surface area (Å²) in [5, 5.41) is 0. The predicted molar refractivity (Wildman–Crippen MR) is 82.1 cm³/mol. The van der Waals surface area contributed by atoms with E-state index in [0.29, 0.717) is 11.1 Å². The summed E-state index contributed by atoms with van der Waals surface area (Å²) in [5.74, 6) is 0.390. The maximum absolute atomic E-state index is 12.4. The zero-order chi connectivity index (χ0) is 13.5. The Labute approximate surface area is 124 Å². The Morgan fingerprint density at radius 2 is 1.94 bits per heavy atom. The van der Waals surface area contributed by atoms with Crippen LogP contribution < -0.4 is 0 Å². The van der Waals surface area contributed by atoms with E-state index in [4.69, 9.17) is 0 Å². The van der Waals surface area contributed by atoms with Crippen LogP contribution in [0, 0.1) is 3.57 Å². The van der Waals surface area contributed by atoms with Crippen molar-refractivity contribution in [1.82, 2.24) is 4.90 Å². The Balaban J connectivity index is 2.50. The number of amides is 2. The molecule has 1 aromatic carbocycles. The number of nitrogens with zero attached hydrogens (tertiary/aromatic N) is 1. The molecule has 18 heavy (non-hydrogen) atoms. The van der Waals surface area contributed by atoms with Crippen LogP contribution in [-0.2, 0) is 0 Å². The second-order valence-electron chi connectivity index (χ2n) is 4.85. The van der Waals surface area contributed by atoms with Crippen LogP contribution in [0.3, 0.4) is 0 Å². The van der Waals surface area contributed by atoms with Crippen LogP contribution in [0.5, 0.6) is 0 Å². The third kappa shape index (κ3) is 2.07. The molecule has 0 saturated carbocycles. The summed E-state index contributed by atoms with van der Waals surface area (Å²) in [6, 6.07) is 5.40. The highest BCUT2D eigenvalue weighted by molar-refractivity contribution is 14.1. The minimum absolute atomic E-state index is 0.168. The first-order chi connectivity index (χ1) is 8.40. The maximum atomic E-state index is 12.4. The van der Waals surface area contributed by atoms with Gasteiger partial charge in [-0.25, -0.2) is 0 Å². The van der Waals surface area contributed by atoms with Gasteiger partial charge in [-0.15, -0.1) is 0 Å². The summed E-state index contributed by atoms with van der Waals surface area (Å²) in [6.07, 6.45) is 1.98. The summed E-state index contributed by atoms with van der Waals surface area (Å²) >= 11 is 3.74. The van der Waals surface area contributed by atoms with Crippen molar-refractivity contribution >= 4 is 46.2 Å². The number of hydrogen-bond acceptors (Lipinski definition) is 3. The van der Waals surface area contributed by atoms with Gasteiger partial charge in [0.1, 0.15) is 0 Å². The fourth-order valence-electron chi connectivity index (χ4n) is 2.21. The molecular weight excluding hydrogens is 361 g/mol. The monoisotopic (exact) mass is 375 g/mol. The molecule has 2 rings (SSSR count). The topological polar surface area (TPSA) is 37.4 Å². The number of benzene rings is 1. The Hall–Kier alpha value is -0.560. The minimum Gasteiger partial charge on any atom is -0.269 e. The van der Waals surface area contributed by atoms with Crippen LogP contribution in [0.1, 0.15) is 34.6 Å². The SMILES string of the molecule is CSCC(C)(C)N1C(=O)c2cccc(I)c2C1=O. The molecule has 0 atom stereocenters. The Bertz CT molecular complexity index is 528. The van der Waals surface area contributed by atoms with E-state index in [0.717, 1.165) is 9.32 Å². The number of imide groups is 1. The van der Waals surface area contributed by atoms with Gasteiger partial charge in [0.15, 0.2) is 0 Å². The number of rotatable bonds is 3. The highest BCUT2D eigenvalue weighted by Gasteiger charge is 2.44. The second kappa shape index (κ2) is 4.85. The van der Waals surface area contributed by atoms with Crippen molar-refractivity contribution in [1.29, 1.82) is 0 Å². The Kier molecular flexibility index (Phi) is 3.73. The Morgan fingerprint density at radius 1 is 1.28 bits per heavy atom. The fraction of sp³-hybridized carbons (Fsp3) is 0.385. The van der Waals surface area contributed by atoms with Gasteiger partial charge in [0.05, 0.1) is 16.7 Å². The first kappa shape index (κ1) is 13.9. The summed E-state index contributed by atoms with van der Waals surface area (Å²) in [7, 11) is 0. The molecule has 5 heteroatoms. The van der Waals surface area contributed by atoms with Crippen molar-refractivity contribution in [2.75, 3.05) is 12.0 Å². The molecule has 96 valence electrons. The highest BCUT2D eigenvalue weighted by Crippen LogP contribution is 2.33. The molecule has 0 aromatic heterocycles. The number of thioether (sulfide) groups is 1. The van der Waals surface area contributed by atoms with Crippen LogP contribution in [0.25, 0.3) is 0 Å². The molecule has 1 aromatic rings. The predicted octanol–water partition coefficient (Wildman–Crippen LogP) is 3.03. The van der Waals surface area contributed by atoms with Crippen molar-refractivity contribution in [2.45, 2.75) is 19.4 Å². The maximum Gasteiger partial charge on any atom is 0.263 e. The van der Waals surface area contributed by atoms with E-state index in [9.17, 15) is 9.59 Å². The quantitative estimate of drug-likeness (QED) is 0.602. The molecular formula is C13H14INO2S. The van der Waals surface area contributed by atoms with Crippen LogP contribution in [-0.4, -0.2) is 34.3 Å². The summed E-state index contributed by atoms with van der Waals surface area (Å²) < 4.78 is 0.839. The zero-order valence-electron chi connectivity index (χ0n) is 10.5. The van der Waals surface area contributed by atoms with Crippen molar-refractivity contribution < 1.29 is 9.59 Å². The summed E-state index contributed by atoms with van der Waals surface area (Å²) in [5.41, 5.74) is 0.619. The molecule has 3 nitrogen and oxygen atoms in total. The van der Waals surface area contributed by atoms with Gasteiger partial charge in [-0.2, -0.15) is 11.8 Å². The number of carbonyl (C=O) groups is 2. The molecule has 0 unspecified atom stereocenters. The van der Waals surface area contributed by atoms with Gasteiger partial charge in [-0.3, -0.25) is 14.5 Å². The van der Waals surface area contributed by atoms with Crippen molar-refractivity contribution in [3.63, 3.8) is 0 Å². The van der Waals surface area contributed by atoms with Gasteiger partial charge >= 0.3 is 0 Å². The average Bonchev–Trinajstić information content (AvgIpc) is 2.53. The van der Waals surface area contributed by atoms with Gasteiger partial charge in [-0.1, -0.05) is 6.07 Å². The first-order valence-electron chi connectivity index (χ1n) is 5.56. The molecule has 0 aliphatic carbocycles. The number of fused-ring (bicyclic) bond motifs is 1. The molecule has 1 aliphatic heterocycles. The van der Waals surface area contributed by atoms with Crippen molar-refractivity contribution in [2.24, 2.45) is 0 Å². The summed E-state index contributed by atoms with van der Waals surface area (Å²) in [6.45, 7) is 3.86. The van der Waals surface area contributed by atoms with E-state index in [-0.39, 0.29) is 11.8 Å². The molecule has 0 bridgehead atoms. The molecule has 0 fully saturated rings. The molecule has 0 saturated heterocycles.